The van der Waals surface area contributed by atoms with E-state index < -0.39 is 0 Å². The Balaban J connectivity index is 2.27. The van der Waals surface area contributed by atoms with Gasteiger partial charge in [-0.25, -0.2) is 9.50 Å². The van der Waals surface area contributed by atoms with Crippen molar-refractivity contribution in [3.05, 3.63) is 28.6 Å². The van der Waals surface area contributed by atoms with E-state index in [1.54, 1.807) is 6.20 Å². The van der Waals surface area contributed by atoms with Crippen LogP contribution in [-0.2, 0) is 0 Å². The van der Waals surface area contributed by atoms with Crippen molar-refractivity contribution in [2.45, 2.75) is 18.8 Å². The largest absolute Gasteiger partial charge is 0.235 e. The standard InChI is InChI=1S/C9H8BrN3/c10-7-5-8(6-1-2-6)12-13-4-3-11-9(7)13/h3-6H,1-2H2. The lowest BCUT2D eigenvalue weighted by Gasteiger charge is -2.00. The molecule has 0 aliphatic heterocycles. The van der Waals surface area contributed by atoms with E-state index in [0.717, 1.165) is 10.1 Å². The summed E-state index contributed by atoms with van der Waals surface area (Å²) in [4.78, 5) is 4.19. The molecule has 1 aliphatic rings. The van der Waals surface area contributed by atoms with E-state index >= 15 is 0 Å². The minimum atomic E-state index is 0.683. The zero-order chi connectivity index (χ0) is 8.84. The molecule has 0 saturated heterocycles. The first kappa shape index (κ1) is 7.50. The third kappa shape index (κ3) is 1.16. The van der Waals surface area contributed by atoms with Crippen LogP contribution >= 0.6 is 15.9 Å². The van der Waals surface area contributed by atoms with Crippen molar-refractivity contribution in [1.29, 1.82) is 0 Å². The van der Waals surface area contributed by atoms with Crippen LogP contribution in [0.2, 0.25) is 0 Å². The molecule has 0 radical (unpaired) electrons. The van der Waals surface area contributed by atoms with E-state index in [2.05, 4.69) is 32.1 Å². The highest BCUT2D eigenvalue weighted by atomic mass is 79.9. The summed E-state index contributed by atoms with van der Waals surface area (Å²) >= 11 is 3.50. The predicted octanol–water partition coefficient (Wildman–Crippen LogP) is 2.37. The summed E-state index contributed by atoms with van der Waals surface area (Å²) in [6.07, 6.45) is 6.20. The fourth-order valence-corrected chi connectivity index (χ4v) is 1.99. The van der Waals surface area contributed by atoms with Crippen molar-refractivity contribution >= 4 is 21.6 Å². The molecular formula is C9H8BrN3. The Labute approximate surface area is 83.9 Å². The van der Waals surface area contributed by atoms with Gasteiger partial charge in [0.25, 0.3) is 0 Å². The van der Waals surface area contributed by atoms with Crippen molar-refractivity contribution in [1.82, 2.24) is 14.6 Å². The third-order valence-corrected chi connectivity index (χ3v) is 2.91. The van der Waals surface area contributed by atoms with Gasteiger partial charge in [0.1, 0.15) is 0 Å². The average Bonchev–Trinajstić information content (AvgIpc) is 2.85. The van der Waals surface area contributed by atoms with E-state index in [-0.39, 0.29) is 0 Å². The number of aromatic nitrogens is 3. The Kier molecular flexibility index (Phi) is 1.47. The number of rotatable bonds is 1. The molecule has 3 rings (SSSR count). The van der Waals surface area contributed by atoms with Crippen LogP contribution in [0.3, 0.4) is 0 Å². The first-order valence-corrected chi connectivity index (χ1v) is 5.14. The summed E-state index contributed by atoms with van der Waals surface area (Å²) in [6.45, 7) is 0. The molecule has 2 aromatic rings. The van der Waals surface area contributed by atoms with E-state index in [0.29, 0.717) is 5.92 Å². The van der Waals surface area contributed by atoms with Crippen molar-refractivity contribution < 1.29 is 0 Å². The Morgan fingerprint density at radius 2 is 2.31 bits per heavy atom. The summed E-state index contributed by atoms with van der Waals surface area (Å²) in [5.74, 6) is 0.683. The van der Waals surface area contributed by atoms with Gasteiger partial charge in [-0.2, -0.15) is 5.10 Å². The quantitative estimate of drug-likeness (QED) is 0.763. The number of hydrogen-bond acceptors (Lipinski definition) is 2. The molecule has 2 heterocycles. The number of imidazole rings is 1. The minimum absolute atomic E-state index is 0.683. The van der Waals surface area contributed by atoms with Crippen molar-refractivity contribution in [3.8, 4) is 0 Å². The number of nitrogens with zero attached hydrogens (tertiary/aromatic N) is 3. The van der Waals surface area contributed by atoms with Gasteiger partial charge < -0.3 is 0 Å². The molecule has 4 heteroatoms. The van der Waals surface area contributed by atoms with Gasteiger partial charge in [-0.1, -0.05) is 0 Å². The minimum Gasteiger partial charge on any atom is -0.235 e. The molecule has 0 atom stereocenters. The summed E-state index contributed by atoms with van der Waals surface area (Å²) in [5.41, 5.74) is 2.07. The number of hydrogen-bond donors (Lipinski definition) is 0. The summed E-state index contributed by atoms with van der Waals surface area (Å²) in [6, 6.07) is 2.08. The molecule has 66 valence electrons. The van der Waals surface area contributed by atoms with Crippen LogP contribution in [-0.4, -0.2) is 14.6 Å². The van der Waals surface area contributed by atoms with Crippen molar-refractivity contribution in [2.24, 2.45) is 0 Å². The number of fused-ring (bicyclic) bond motifs is 1. The normalized spacial score (nSPS) is 16.7. The maximum atomic E-state index is 4.48. The Morgan fingerprint density at radius 3 is 3.08 bits per heavy atom. The van der Waals surface area contributed by atoms with Crippen LogP contribution in [0.15, 0.2) is 22.9 Å². The summed E-state index contributed by atoms with van der Waals surface area (Å²) in [5, 5.41) is 4.48. The van der Waals surface area contributed by atoms with Gasteiger partial charge in [0.15, 0.2) is 5.65 Å². The van der Waals surface area contributed by atoms with Crippen molar-refractivity contribution in [2.75, 3.05) is 0 Å². The predicted molar refractivity (Wildman–Crippen MR) is 52.7 cm³/mol. The third-order valence-electron chi connectivity index (χ3n) is 2.33. The molecule has 1 fully saturated rings. The zero-order valence-corrected chi connectivity index (χ0v) is 8.53. The van der Waals surface area contributed by atoms with Gasteiger partial charge in [-0.3, -0.25) is 0 Å². The highest BCUT2D eigenvalue weighted by Gasteiger charge is 2.26. The molecule has 1 saturated carbocycles. The Morgan fingerprint density at radius 1 is 1.46 bits per heavy atom. The lowest BCUT2D eigenvalue weighted by Crippen LogP contribution is -1.96. The molecule has 0 unspecified atom stereocenters. The second-order valence-electron chi connectivity index (χ2n) is 3.39. The van der Waals surface area contributed by atoms with Crippen molar-refractivity contribution in [3.63, 3.8) is 0 Å². The molecule has 0 aromatic carbocycles. The van der Waals surface area contributed by atoms with E-state index in [4.69, 9.17) is 0 Å². The molecule has 2 aromatic heterocycles. The molecule has 1 aliphatic carbocycles. The van der Waals surface area contributed by atoms with Gasteiger partial charge in [-0.15, -0.1) is 0 Å². The van der Waals surface area contributed by atoms with Gasteiger partial charge >= 0.3 is 0 Å². The van der Waals surface area contributed by atoms with Gasteiger partial charge in [0.05, 0.1) is 10.2 Å². The Hall–Kier alpha value is -0.900. The highest BCUT2D eigenvalue weighted by Crippen LogP contribution is 2.39. The van der Waals surface area contributed by atoms with Crippen LogP contribution in [0.1, 0.15) is 24.5 Å². The summed E-state index contributed by atoms with van der Waals surface area (Å²) in [7, 11) is 0. The maximum Gasteiger partial charge on any atom is 0.167 e. The lowest BCUT2D eigenvalue weighted by molar-refractivity contribution is 0.852. The molecule has 0 N–H and O–H groups in total. The average molecular weight is 238 g/mol. The summed E-state index contributed by atoms with van der Waals surface area (Å²) < 4.78 is 2.87. The van der Waals surface area contributed by atoms with Gasteiger partial charge in [0, 0.05) is 18.3 Å². The number of halogens is 1. The first-order chi connectivity index (χ1) is 6.34. The molecule has 0 amide bonds. The molecule has 13 heavy (non-hydrogen) atoms. The van der Waals surface area contributed by atoms with Crippen LogP contribution in [0.4, 0.5) is 0 Å². The molecule has 3 nitrogen and oxygen atoms in total. The fraction of sp³-hybridized carbons (Fsp3) is 0.333. The van der Waals surface area contributed by atoms with E-state index in [1.165, 1.54) is 18.5 Å². The van der Waals surface area contributed by atoms with Crippen LogP contribution < -0.4 is 0 Å². The van der Waals surface area contributed by atoms with E-state index in [9.17, 15) is 0 Å². The zero-order valence-electron chi connectivity index (χ0n) is 6.94. The SMILES string of the molecule is Brc1cc(C2CC2)nn2ccnc12. The second-order valence-corrected chi connectivity index (χ2v) is 4.24. The lowest BCUT2D eigenvalue weighted by atomic mass is 10.3. The first-order valence-electron chi connectivity index (χ1n) is 4.34. The van der Waals surface area contributed by atoms with Crippen LogP contribution in [0, 0.1) is 0 Å². The molecule has 0 spiro atoms. The topological polar surface area (TPSA) is 30.2 Å². The monoisotopic (exact) mass is 237 g/mol. The maximum absolute atomic E-state index is 4.48. The molecular weight excluding hydrogens is 230 g/mol. The van der Waals surface area contributed by atoms with Gasteiger partial charge in [0.2, 0.25) is 0 Å². The van der Waals surface area contributed by atoms with Crippen LogP contribution in [0.5, 0.6) is 0 Å². The Bertz CT molecular complexity index is 459. The molecule has 0 bridgehead atoms. The van der Waals surface area contributed by atoms with E-state index in [1.807, 2.05) is 10.7 Å². The fourth-order valence-electron chi connectivity index (χ4n) is 1.47. The van der Waals surface area contributed by atoms with Crippen LogP contribution in [0.25, 0.3) is 5.65 Å². The smallest absolute Gasteiger partial charge is 0.167 e. The second kappa shape index (κ2) is 2.54. The highest BCUT2D eigenvalue weighted by molar-refractivity contribution is 9.10. The van der Waals surface area contributed by atoms with Gasteiger partial charge in [-0.05, 0) is 34.8 Å².